The molecular weight excluding hydrogens is 316 g/mol. The summed E-state index contributed by atoms with van der Waals surface area (Å²) in [6.45, 7) is 2.30. The molecule has 0 spiro atoms. The number of carbonyl (C=O) groups is 1. The third-order valence-electron chi connectivity index (χ3n) is 4.98. The first kappa shape index (κ1) is 15.6. The summed E-state index contributed by atoms with van der Waals surface area (Å²) in [5, 5.41) is 3.27. The monoisotopic (exact) mass is 338 g/mol. The van der Waals surface area contributed by atoms with Crippen molar-refractivity contribution in [3.05, 3.63) is 48.5 Å². The van der Waals surface area contributed by atoms with Gasteiger partial charge in [0, 0.05) is 15.8 Å². The zero-order valence-corrected chi connectivity index (χ0v) is 14.7. The van der Waals surface area contributed by atoms with Gasteiger partial charge < -0.3 is 5.32 Å². The lowest BCUT2D eigenvalue weighted by Crippen LogP contribution is -2.44. The summed E-state index contributed by atoms with van der Waals surface area (Å²) in [6.07, 6.45) is 4.57. The molecule has 1 heterocycles. The Hall–Kier alpha value is -1.94. The number of hydrogen-bond acceptors (Lipinski definition) is 2. The fraction of sp³-hybridized carbons (Fsp3) is 0.350. The first-order valence-electron chi connectivity index (χ1n) is 8.69. The van der Waals surface area contributed by atoms with Gasteiger partial charge in [0.15, 0.2) is 0 Å². The molecule has 0 aromatic heterocycles. The molecule has 2 amide bonds. The van der Waals surface area contributed by atoms with Gasteiger partial charge in [-0.05, 0) is 55.9 Å². The highest BCUT2D eigenvalue weighted by Crippen LogP contribution is 2.47. The van der Waals surface area contributed by atoms with Gasteiger partial charge in [0.25, 0.3) is 0 Å². The highest BCUT2D eigenvalue weighted by molar-refractivity contribution is 7.99. The van der Waals surface area contributed by atoms with Crippen molar-refractivity contribution in [2.45, 2.75) is 48.4 Å². The zero-order valence-electron chi connectivity index (χ0n) is 13.9. The lowest BCUT2D eigenvalue weighted by molar-refractivity contribution is 0.236. The second-order valence-corrected chi connectivity index (χ2v) is 7.86. The van der Waals surface area contributed by atoms with E-state index in [4.69, 9.17) is 0 Å². The van der Waals surface area contributed by atoms with Crippen LogP contribution in [0.2, 0.25) is 0 Å². The first-order valence-corrected chi connectivity index (χ1v) is 9.50. The van der Waals surface area contributed by atoms with Crippen LogP contribution >= 0.6 is 11.8 Å². The maximum absolute atomic E-state index is 13.1. The van der Waals surface area contributed by atoms with Crippen molar-refractivity contribution in [1.29, 1.82) is 0 Å². The van der Waals surface area contributed by atoms with Gasteiger partial charge in [0.05, 0.1) is 11.4 Å². The first-order chi connectivity index (χ1) is 11.7. The summed E-state index contributed by atoms with van der Waals surface area (Å²) in [6, 6.07) is 16.6. The molecule has 3 nitrogen and oxygen atoms in total. The molecule has 2 aliphatic rings. The second-order valence-electron chi connectivity index (χ2n) is 6.78. The summed E-state index contributed by atoms with van der Waals surface area (Å²) in [4.78, 5) is 17.2. The fourth-order valence-corrected chi connectivity index (χ4v) is 4.62. The molecule has 0 bridgehead atoms. The van der Waals surface area contributed by atoms with Gasteiger partial charge in [-0.25, -0.2) is 4.79 Å². The summed E-state index contributed by atoms with van der Waals surface area (Å²) in [5.74, 6) is 0.783. The van der Waals surface area contributed by atoms with E-state index >= 15 is 0 Å². The normalized spacial score (nSPS) is 22.5. The second kappa shape index (κ2) is 6.52. The van der Waals surface area contributed by atoms with Crippen molar-refractivity contribution in [2.75, 3.05) is 4.90 Å². The molecule has 1 aliphatic carbocycles. The predicted octanol–water partition coefficient (Wildman–Crippen LogP) is 5.58. The van der Waals surface area contributed by atoms with Crippen LogP contribution in [0.1, 0.15) is 32.6 Å². The third kappa shape index (κ3) is 2.91. The molecule has 0 unspecified atom stereocenters. The third-order valence-corrected chi connectivity index (χ3v) is 6.11. The average Bonchev–Trinajstić information content (AvgIpc) is 2.61. The smallest absolute Gasteiger partial charge is 0.326 e. The Morgan fingerprint density at radius 2 is 1.50 bits per heavy atom. The molecule has 1 aliphatic heterocycles. The summed E-state index contributed by atoms with van der Waals surface area (Å²) < 4.78 is 0. The standard InChI is InChI=1S/C20H22N2OS/c1-14-10-12-15(13-11-14)21-20(23)22-16-6-2-4-8-18(16)24-19-9-5-3-7-17(19)22/h2-9,14-15H,10-13H2,1H3,(H,21,23). The maximum atomic E-state index is 13.1. The number of nitrogens with zero attached hydrogens (tertiary/aromatic N) is 1. The van der Waals surface area contributed by atoms with Crippen molar-refractivity contribution in [2.24, 2.45) is 5.92 Å². The van der Waals surface area contributed by atoms with E-state index in [-0.39, 0.29) is 6.03 Å². The molecule has 1 saturated carbocycles. The van der Waals surface area contributed by atoms with E-state index in [1.807, 2.05) is 41.3 Å². The van der Waals surface area contributed by atoms with Crippen LogP contribution < -0.4 is 10.2 Å². The average molecular weight is 338 g/mol. The summed E-state index contributed by atoms with van der Waals surface area (Å²) in [5.41, 5.74) is 1.95. The molecule has 124 valence electrons. The molecule has 0 radical (unpaired) electrons. The highest BCUT2D eigenvalue weighted by atomic mass is 32.2. The lowest BCUT2D eigenvalue weighted by atomic mass is 9.87. The number of amides is 2. The molecule has 2 aromatic rings. The topological polar surface area (TPSA) is 32.3 Å². The molecule has 1 fully saturated rings. The van der Waals surface area contributed by atoms with Crippen LogP contribution in [0.3, 0.4) is 0 Å². The number of rotatable bonds is 1. The van der Waals surface area contributed by atoms with Gasteiger partial charge in [-0.15, -0.1) is 0 Å². The van der Waals surface area contributed by atoms with Gasteiger partial charge in [-0.2, -0.15) is 0 Å². The van der Waals surface area contributed by atoms with Crippen molar-refractivity contribution < 1.29 is 4.79 Å². The largest absolute Gasteiger partial charge is 0.335 e. The van der Waals surface area contributed by atoms with Gasteiger partial charge in [0.1, 0.15) is 0 Å². The fourth-order valence-electron chi connectivity index (χ4n) is 3.57. The minimum atomic E-state index is -0.00486. The van der Waals surface area contributed by atoms with E-state index < -0.39 is 0 Å². The van der Waals surface area contributed by atoms with Crippen LogP contribution in [0.25, 0.3) is 0 Å². The Morgan fingerprint density at radius 1 is 0.958 bits per heavy atom. The number of hydrogen-bond donors (Lipinski definition) is 1. The Labute approximate surface area is 147 Å². The number of carbonyl (C=O) groups excluding carboxylic acids is 1. The molecule has 4 rings (SSSR count). The summed E-state index contributed by atoms with van der Waals surface area (Å²) in [7, 11) is 0. The number of nitrogens with one attached hydrogen (secondary N) is 1. The van der Waals surface area contributed by atoms with Gasteiger partial charge in [-0.1, -0.05) is 43.0 Å². The SMILES string of the molecule is CC1CCC(NC(=O)N2c3ccccc3Sc3ccccc32)CC1. The van der Waals surface area contributed by atoms with Crippen LogP contribution in [-0.2, 0) is 0 Å². The lowest BCUT2D eigenvalue weighted by Gasteiger charge is -2.34. The van der Waals surface area contributed by atoms with Crippen LogP contribution in [0.15, 0.2) is 58.3 Å². The van der Waals surface area contributed by atoms with Crippen molar-refractivity contribution in [3.8, 4) is 0 Å². The molecule has 1 N–H and O–H groups in total. The van der Waals surface area contributed by atoms with E-state index in [2.05, 4.69) is 24.4 Å². The maximum Gasteiger partial charge on any atom is 0.326 e. The number of fused-ring (bicyclic) bond motifs is 2. The minimum Gasteiger partial charge on any atom is -0.335 e. The number of benzene rings is 2. The predicted molar refractivity (Wildman–Crippen MR) is 99.1 cm³/mol. The Balaban J connectivity index is 1.63. The van der Waals surface area contributed by atoms with E-state index in [1.165, 1.54) is 12.8 Å². The molecular formula is C20H22N2OS. The zero-order chi connectivity index (χ0) is 16.5. The van der Waals surface area contributed by atoms with Crippen LogP contribution in [-0.4, -0.2) is 12.1 Å². The van der Waals surface area contributed by atoms with Gasteiger partial charge in [-0.3, -0.25) is 4.90 Å². The van der Waals surface area contributed by atoms with E-state index in [1.54, 1.807) is 11.8 Å². The number of anilines is 2. The van der Waals surface area contributed by atoms with Crippen molar-refractivity contribution in [3.63, 3.8) is 0 Å². The number of urea groups is 1. The van der Waals surface area contributed by atoms with Crippen LogP contribution in [0, 0.1) is 5.92 Å². The van der Waals surface area contributed by atoms with Crippen LogP contribution in [0.4, 0.5) is 16.2 Å². The molecule has 0 atom stereocenters. The Morgan fingerprint density at radius 3 is 2.08 bits per heavy atom. The van der Waals surface area contributed by atoms with Gasteiger partial charge in [0.2, 0.25) is 0 Å². The molecule has 0 saturated heterocycles. The summed E-state index contributed by atoms with van der Waals surface area (Å²) >= 11 is 1.73. The Kier molecular flexibility index (Phi) is 4.23. The van der Waals surface area contributed by atoms with Crippen molar-refractivity contribution >= 4 is 29.2 Å². The quantitative estimate of drug-likeness (QED) is 0.736. The van der Waals surface area contributed by atoms with E-state index in [0.717, 1.165) is 39.9 Å². The molecule has 4 heteroatoms. The van der Waals surface area contributed by atoms with Crippen molar-refractivity contribution in [1.82, 2.24) is 5.32 Å². The highest BCUT2D eigenvalue weighted by Gasteiger charge is 2.29. The minimum absolute atomic E-state index is 0.00486. The van der Waals surface area contributed by atoms with E-state index in [0.29, 0.717) is 6.04 Å². The molecule has 2 aromatic carbocycles. The molecule has 24 heavy (non-hydrogen) atoms. The van der Waals surface area contributed by atoms with E-state index in [9.17, 15) is 4.79 Å². The number of para-hydroxylation sites is 2. The Bertz CT molecular complexity index is 707. The van der Waals surface area contributed by atoms with Gasteiger partial charge >= 0.3 is 6.03 Å². The van der Waals surface area contributed by atoms with Crippen LogP contribution in [0.5, 0.6) is 0 Å².